The van der Waals surface area contributed by atoms with Crippen LogP contribution >= 0.6 is 11.8 Å². The molecule has 27 heavy (non-hydrogen) atoms. The van der Waals surface area contributed by atoms with Gasteiger partial charge in [0.2, 0.25) is 5.91 Å². The van der Waals surface area contributed by atoms with Crippen molar-refractivity contribution in [2.24, 2.45) is 5.92 Å². The van der Waals surface area contributed by atoms with Crippen LogP contribution in [0.4, 0.5) is 0 Å². The van der Waals surface area contributed by atoms with Crippen LogP contribution < -0.4 is 5.32 Å². The van der Waals surface area contributed by atoms with Gasteiger partial charge >= 0.3 is 0 Å². The minimum Gasteiger partial charge on any atom is -0.352 e. The van der Waals surface area contributed by atoms with Crippen molar-refractivity contribution in [3.8, 4) is 0 Å². The van der Waals surface area contributed by atoms with Crippen LogP contribution in [0.2, 0.25) is 0 Å². The van der Waals surface area contributed by atoms with Gasteiger partial charge in [0, 0.05) is 11.4 Å². The molecule has 1 amide bonds. The molecule has 1 aliphatic rings. The number of benzene rings is 1. The van der Waals surface area contributed by atoms with Gasteiger partial charge in [0.15, 0.2) is 10.8 Å². The van der Waals surface area contributed by atoms with Crippen LogP contribution in [0.3, 0.4) is 0 Å². The van der Waals surface area contributed by atoms with Crippen molar-refractivity contribution in [1.82, 2.24) is 19.9 Å². The molecule has 1 fully saturated rings. The molecule has 0 saturated heterocycles. The van der Waals surface area contributed by atoms with Crippen molar-refractivity contribution < 1.29 is 4.79 Å². The van der Waals surface area contributed by atoms with E-state index in [0.717, 1.165) is 22.7 Å². The third-order valence-corrected chi connectivity index (χ3v) is 6.71. The SMILES string of the molecule is Cc1cc2nnc(SC(C)C(=O)NC3CCCCC3C)n2c2ccccc12. The molecule has 0 aliphatic heterocycles. The number of thioether (sulfide) groups is 1. The van der Waals surface area contributed by atoms with Crippen molar-refractivity contribution >= 4 is 34.2 Å². The average Bonchev–Trinajstić information content (AvgIpc) is 3.06. The second kappa shape index (κ2) is 7.50. The van der Waals surface area contributed by atoms with Crippen LogP contribution in [-0.2, 0) is 4.79 Å². The first-order chi connectivity index (χ1) is 13.0. The number of hydrogen-bond donors (Lipinski definition) is 1. The maximum atomic E-state index is 12.7. The first-order valence-corrected chi connectivity index (χ1v) is 10.6. The zero-order chi connectivity index (χ0) is 19.0. The lowest BCUT2D eigenvalue weighted by atomic mass is 9.86. The van der Waals surface area contributed by atoms with Gasteiger partial charge in [-0.3, -0.25) is 9.20 Å². The summed E-state index contributed by atoms with van der Waals surface area (Å²) in [6.07, 6.45) is 4.77. The predicted molar refractivity (Wildman–Crippen MR) is 110 cm³/mol. The summed E-state index contributed by atoms with van der Waals surface area (Å²) >= 11 is 1.48. The van der Waals surface area contributed by atoms with E-state index in [-0.39, 0.29) is 11.2 Å². The first kappa shape index (κ1) is 18.3. The number of carbonyl (C=O) groups excluding carboxylic acids is 1. The van der Waals surface area contributed by atoms with Gasteiger partial charge in [-0.15, -0.1) is 10.2 Å². The highest BCUT2D eigenvalue weighted by molar-refractivity contribution is 8.00. The summed E-state index contributed by atoms with van der Waals surface area (Å²) in [6, 6.07) is 10.6. The number of fused-ring (bicyclic) bond motifs is 3. The van der Waals surface area contributed by atoms with Crippen LogP contribution in [0.1, 0.15) is 45.1 Å². The highest BCUT2D eigenvalue weighted by atomic mass is 32.2. The highest BCUT2D eigenvalue weighted by Gasteiger charge is 2.26. The summed E-state index contributed by atoms with van der Waals surface area (Å²) in [5, 5.41) is 13.7. The Hall–Kier alpha value is -2.08. The van der Waals surface area contributed by atoms with Crippen molar-refractivity contribution in [2.75, 3.05) is 0 Å². The number of nitrogens with zero attached hydrogens (tertiary/aromatic N) is 3. The summed E-state index contributed by atoms with van der Waals surface area (Å²) in [4.78, 5) is 12.7. The number of aromatic nitrogens is 3. The molecule has 1 saturated carbocycles. The summed E-state index contributed by atoms with van der Waals surface area (Å²) in [5.74, 6) is 0.646. The van der Waals surface area contributed by atoms with Gasteiger partial charge < -0.3 is 5.32 Å². The molecule has 2 heterocycles. The van der Waals surface area contributed by atoms with E-state index in [1.807, 2.05) is 25.1 Å². The van der Waals surface area contributed by atoms with Crippen molar-refractivity contribution in [3.05, 3.63) is 35.9 Å². The number of rotatable bonds is 4. The van der Waals surface area contributed by atoms with Gasteiger partial charge in [-0.05, 0) is 50.3 Å². The van der Waals surface area contributed by atoms with Crippen LogP contribution in [0.5, 0.6) is 0 Å². The fraction of sp³-hybridized carbons (Fsp3) is 0.476. The quantitative estimate of drug-likeness (QED) is 0.681. The summed E-state index contributed by atoms with van der Waals surface area (Å²) < 4.78 is 2.06. The molecule has 0 bridgehead atoms. The molecule has 0 spiro atoms. The lowest BCUT2D eigenvalue weighted by Crippen LogP contribution is -2.44. The van der Waals surface area contributed by atoms with Crippen LogP contribution in [0, 0.1) is 12.8 Å². The minimum absolute atomic E-state index is 0.0897. The predicted octanol–water partition coefficient (Wildman–Crippen LogP) is 4.37. The van der Waals surface area contributed by atoms with Crippen molar-refractivity contribution in [2.45, 2.75) is 62.9 Å². The van der Waals surface area contributed by atoms with Crippen LogP contribution in [0.15, 0.2) is 35.5 Å². The van der Waals surface area contributed by atoms with E-state index in [9.17, 15) is 4.79 Å². The maximum absolute atomic E-state index is 12.7. The van der Waals surface area contributed by atoms with E-state index in [4.69, 9.17) is 0 Å². The third kappa shape index (κ3) is 3.55. The minimum atomic E-state index is -0.216. The Bertz CT molecular complexity index is 983. The van der Waals surface area contributed by atoms with Gasteiger partial charge in [-0.1, -0.05) is 49.7 Å². The Morgan fingerprint density at radius 2 is 2.04 bits per heavy atom. The Morgan fingerprint density at radius 3 is 2.85 bits per heavy atom. The number of hydrogen-bond acceptors (Lipinski definition) is 4. The summed E-state index contributed by atoms with van der Waals surface area (Å²) in [5.41, 5.74) is 3.08. The Morgan fingerprint density at radius 1 is 1.26 bits per heavy atom. The molecule has 3 atom stereocenters. The number of aryl methyl sites for hydroxylation is 1. The Balaban J connectivity index is 1.58. The monoisotopic (exact) mass is 382 g/mol. The molecule has 3 unspecified atom stereocenters. The van der Waals surface area contributed by atoms with E-state index in [2.05, 4.69) is 45.9 Å². The number of pyridine rings is 1. The second-order valence-corrected chi connectivity index (χ2v) is 8.97. The van der Waals surface area contributed by atoms with Crippen LogP contribution in [-0.4, -0.2) is 31.8 Å². The average molecular weight is 383 g/mol. The molecule has 1 N–H and O–H groups in total. The molecule has 6 heteroatoms. The van der Waals surface area contributed by atoms with Crippen molar-refractivity contribution in [1.29, 1.82) is 0 Å². The zero-order valence-corrected chi connectivity index (χ0v) is 16.9. The van der Waals surface area contributed by atoms with E-state index in [1.165, 1.54) is 42.0 Å². The molecule has 142 valence electrons. The third-order valence-electron chi connectivity index (χ3n) is 5.66. The lowest BCUT2D eigenvalue weighted by molar-refractivity contribution is -0.121. The number of carbonyl (C=O) groups is 1. The zero-order valence-electron chi connectivity index (χ0n) is 16.1. The van der Waals surface area contributed by atoms with E-state index in [0.29, 0.717) is 12.0 Å². The normalized spacial score (nSPS) is 21.4. The smallest absolute Gasteiger partial charge is 0.233 e. The Kier molecular flexibility index (Phi) is 5.08. The topological polar surface area (TPSA) is 59.3 Å². The van der Waals surface area contributed by atoms with Crippen molar-refractivity contribution in [3.63, 3.8) is 0 Å². The highest BCUT2D eigenvalue weighted by Crippen LogP contribution is 2.29. The molecule has 0 radical (unpaired) electrons. The molecule has 1 aliphatic carbocycles. The van der Waals surface area contributed by atoms with E-state index >= 15 is 0 Å². The van der Waals surface area contributed by atoms with E-state index in [1.54, 1.807) is 0 Å². The molecule has 4 rings (SSSR count). The largest absolute Gasteiger partial charge is 0.352 e. The number of amides is 1. The van der Waals surface area contributed by atoms with Gasteiger partial charge in [0.25, 0.3) is 0 Å². The second-order valence-electron chi connectivity index (χ2n) is 7.66. The van der Waals surface area contributed by atoms with Gasteiger partial charge in [-0.25, -0.2) is 0 Å². The molecule has 2 aromatic heterocycles. The Labute approximate surface area is 163 Å². The molecule has 5 nitrogen and oxygen atoms in total. The first-order valence-electron chi connectivity index (χ1n) is 9.75. The fourth-order valence-corrected chi connectivity index (χ4v) is 4.87. The standard InChI is InChI=1S/C21H26N4OS/c1-13-8-4-6-10-17(13)22-20(26)15(3)27-21-24-23-19-12-14(2)16-9-5-7-11-18(16)25(19)21/h5,7,9,11-13,15,17H,4,6,8,10H2,1-3H3,(H,22,26). The number of para-hydroxylation sites is 1. The molecular weight excluding hydrogens is 356 g/mol. The fourth-order valence-electron chi connectivity index (χ4n) is 3.99. The molecular formula is C21H26N4OS. The summed E-state index contributed by atoms with van der Waals surface area (Å²) in [7, 11) is 0. The lowest BCUT2D eigenvalue weighted by Gasteiger charge is -2.30. The number of nitrogens with one attached hydrogen (secondary N) is 1. The van der Waals surface area contributed by atoms with Gasteiger partial charge in [-0.2, -0.15) is 0 Å². The maximum Gasteiger partial charge on any atom is 0.233 e. The molecule has 3 aromatic rings. The van der Waals surface area contributed by atoms with E-state index < -0.39 is 0 Å². The summed E-state index contributed by atoms with van der Waals surface area (Å²) in [6.45, 7) is 6.28. The van der Waals surface area contributed by atoms with Gasteiger partial charge in [0.05, 0.1) is 10.8 Å². The molecule has 1 aromatic carbocycles. The van der Waals surface area contributed by atoms with Gasteiger partial charge in [0.1, 0.15) is 0 Å². The van der Waals surface area contributed by atoms with Crippen LogP contribution in [0.25, 0.3) is 16.6 Å².